The quantitative estimate of drug-likeness (QED) is 0.755. The van der Waals surface area contributed by atoms with Gasteiger partial charge in [0, 0.05) is 0 Å². The maximum Gasteiger partial charge on any atom is 1.00 e. The molecule has 0 amide bonds. The Morgan fingerprint density at radius 3 is 2.05 bits per heavy atom. The van der Waals surface area contributed by atoms with Crippen LogP contribution in [0.3, 0.4) is 0 Å². The van der Waals surface area contributed by atoms with Crippen LogP contribution in [0.2, 0.25) is 0 Å². The molecule has 1 saturated heterocycles. The fourth-order valence-corrected chi connectivity index (χ4v) is 2.80. The van der Waals surface area contributed by atoms with Gasteiger partial charge in [0.1, 0.15) is 0 Å². The van der Waals surface area contributed by atoms with Gasteiger partial charge in [-0.3, -0.25) is 0 Å². The summed E-state index contributed by atoms with van der Waals surface area (Å²) >= 11 is 0. The van der Waals surface area contributed by atoms with Gasteiger partial charge in [-0.25, -0.2) is 0 Å². The topological polar surface area (TPSA) is 17.3 Å². The monoisotopic (exact) mass is 272 g/mol. The molecule has 3 heteroatoms. The predicted molar refractivity (Wildman–Crippen MR) is 84.3 cm³/mol. The fourth-order valence-electron chi connectivity index (χ4n) is 2.80. The van der Waals surface area contributed by atoms with Crippen molar-refractivity contribution in [1.82, 2.24) is 4.90 Å². The van der Waals surface area contributed by atoms with Crippen LogP contribution in [0.1, 0.15) is 24.4 Å². The molecule has 2 aromatic carbocycles. The van der Waals surface area contributed by atoms with Gasteiger partial charge in [0.05, 0.1) is 0 Å². The SMILES string of the molecule is [Li+].c1ccc([N-][C@@H](CN2CCCC2)c2ccccc2)cc1. The third kappa shape index (κ3) is 4.64. The molecule has 1 aliphatic rings. The standard InChI is InChI=1S/C18H21N2.Li/c1-3-9-16(10-4-1)18(15-20-13-7-8-14-20)19-17-11-5-2-6-12-17;/h1-6,9-12,18H,7-8,13-15H2;/q-1;+1/t18-;/m0./s1. The van der Waals surface area contributed by atoms with Crippen molar-refractivity contribution in [1.29, 1.82) is 0 Å². The van der Waals surface area contributed by atoms with E-state index in [9.17, 15) is 0 Å². The van der Waals surface area contributed by atoms with E-state index in [4.69, 9.17) is 5.32 Å². The van der Waals surface area contributed by atoms with Gasteiger partial charge in [-0.1, -0.05) is 72.3 Å². The molecular weight excluding hydrogens is 251 g/mol. The number of rotatable bonds is 5. The smallest absolute Gasteiger partial charge is 0.677 e. The Labute approximate surface area is 139 Å². The molecule has 104 valence electrons. The van der Waals surface area contributed by atoms with Gasteiger partial charge >= 0.3 is 18.9 Å². The van der Waals surface area contributed by atoms with Crippen molar-refractivity contribution in [2.75, 3.05) is 19.6 Å². The van der Waals surface area contributed by atoms with Gasteiger partial charge in [-0.2, -0.15) is 0 Å². The molecular formula is C18H21LiN2. The zero-order valence-corrected chi connectivity index (χ0v) is 12.8. The molecule has 0 bridgehead atoms. The van der Waals surface area contributed by atoms with Crippen LogP contribution < -0.4 is 18.9 Å². The van der Waals surface area contributed by atoms with E-state index in [2.05, 4.69) is 59.5 Å². The first kappa shape index (κ1) is 16.2. The number of hydrogen-bond donors (Lipinski definition) is 0. The normalized spacial score (nSPS) is 16.2. The second-order valence-electron chi connectivity index (χ2n) is 5.40. The van der Waals surface area contributed by atoms with Gasteiger partial charge in [0.25, 0.3) is 0 Å². The molecule has 21 heavy (non-hydrogen) atoms. The first-order valence-corrected chi connectivity index (χ1v) is 7.45. The molecule has 1 fully saturated rings. The van der Waals surface area contributed by atoms with Crippen LogP contribution >= 0.6 is 0 Å². The van der Waals surface area contributed by atoms with E-state index in [1.165, 1.54) is 31.5 Å². The molecule has 3 rings (SSSR count). The molecule has 1 atom stereocenters. The van der Waals surface area contributed by atoms with Gasteiger partial charge in [0.2, 0.25) is 0 Å². The third-order valence-electron chi connectivity index (χ3n) is 3.88. The molecule has 0 aromatic heterocycles. The number of likely N-dealkylation sites (tertiary alicyclic amines) is 1. The maximum atomic E-state index is 4.95. The molecule has 0 radical (unpaired) electrons. The minimum Gasteiger partial charge on any atom is -0.677 e. The Morgan fingerprint density at radius 1 is 0.857 bits per heavy atom. The van der Waals surface area contributed by atoms with Crippen LogP contribution in [0.4, 0.5) is 5.69 Å². The first-order chi connectivity index (χ1) is 9.92. The van der Waals surface area contributed by atoms with Crippen molar-refractivity contribution in [2.45, 2.75) is 18.9 Å². The summed E-state index contributed by atoms with van der Waals surface area (Å²) in [5.41, 5.74) is 2.38. The Balaban J connectivity index is 0.00000161. The Kier molecular flexibility index (Phi) is 6.39. The van der Waals surface area contributed by atoms with Gasteiger partial charge in [-0.15, -0.1) is 5.69 Å². The van der Waals surface area contributed by atoms with Gasteiger partial charge in [0.15, 0.2) is 0 Å². The minimum absolute atomic E-state index is 0. The van der Waals surface area contributed by atoms with Crippen LogP contribution in [-0.4, -0.2) is 24.5 Å². The van der Waals surface area contributed by atoms with Crippen LogP contribution in [0.15, 0.2) is 60.7 Å². The first-order valence-electron chi connectivity index (χ1n) is 7.45. The van der Waals surface area contributed by atoms with E-state index in [0.717, 1.165) is 12.2 Å². The van der Waals surface area contributed by atoms with E-state index in [1.54, 1.807) is 0 Å². The summed E-state index contributed by atoms with van der Waals surface area (Å²) in [6, 6.07) is 21.2. The summed E-state index contributed by atoms with van der Waals surface area (Å²) in [5.74, 6) is 0. The molecule has 1 aliphatic heterocycles. The van der Waals surface area contributed by atoms with Crippen molar-refractivity contribution in [3.8, 4) is 0 Å². The third-order valence-corrected chi connectivity index (χ3v) is 3.88. The van der Waals surface area contributed by atoms with Crippen molar-refractivity contribution >= 4 is 5.69 Å². The van der Waals surface area contributed by atoms with Crippen molar-refractivity contribution in [2.24, 2.45) is 0 Å². The van der Waals surface area contributed by atoms with Crippen LogP contribution in [0.25, 0.3) is 5.32 Å². The number of benzene rings is 2. The fraction of sp³-hybridized carbons (Fsp3) is 0.333. The summed E-state index contributed by atoms with van der Waals surface area (Å²) in [5, 5.41) is 4.95. The van der Waals surface area contributed by atoms with E-state index >= 15 is 0 Å². The molecule has 0 N–H and O–H groups in total. The second-order valence-corrected chi connectivity index (χ2v) is 5.40. The Hall–Kier alpha value is -1.20. The number of hydrogen-bond acceptors (Lipinski definition) is 1. The van der Waals surface area contributed by atoms with E-state index in [1.807, 2.05) is 6.07 Å². The molecule has 0 spiro atoms. The average molecular weight is 272 g/mol. The number of para-hydroxylation sites is 1. The summed E-state index contributed by atoms with van der Waals surface area (Å²) in [4.78, 5) is 2.53. The van der Waals surface area contributed by atoms with Crippen LogP contribution in [0, 0.1) is 0 Å². The van der Waals surface area contributed by atoms with E-state index < -0.39 is 0 Å². The minimum atomic E-state index is 0. The largest absolute Gasteiger partial charge is 1.00 e. The summed E-state index contributed by atoms with van der Waals surface area (Å²) in [6.45, 7) is 3.46. The zero-order valence-electron chi connectivity index (χ0n) is 12.8. The van der Waals surface area contributed by atoms with Crippen molar-refractivity contribution < 1.29 is 18.9 Å². The van der Waals surface area contributed by atoms with Gasteiger partial charge in [-0.05, 0) is 32.5 Å². The van der Waals surface area contributed by atoms with Crippen LogP contribution in [0.5, 0.6) is 0 Å². The zero-order chi connectivity index (χ0) is 13.6. The Bertz CT molecular complexity index is 509. The molecule has 0 unspecified atom stereocenters. The summed E-state index contributed by atoms with van der Waals surface area (Å²) < 4.78 is 0. The predicted octanol–water partition coefficient (Wildman–Crippen LogP) is 1.53. The molecule has 0 aliphatic carbocycles. The number of nitrogens with zero attached hydrogens (tertiary/aromatic N) is 2. The van der Waals surface area contributed by atoms with Crippen molar-refractivity contribution in [3.05, 3.63) is 71.5 Å². The molecule has 2 aromatic rings. The molecule has 0 saturated carbocycles. The summed E-state index contributed by atoms with van der Waals surface area (Å²) in [6.07, 6.45) is 2.65. The van der Waals surface area contributed by atoms with Crippen LogP contribution in [-0.2, 0) is 0 Å². The van der Waals surface area contributed by atoms with Crippen molar-refractivity contribution in [3.63, 3.8) is 0 Å². The van der Waals surface area contributed by atoms with Gasteiger partial charge < -0.3 is 10.2 Å². The maximum absolute atomic E-state index is 4.95. The second kappa shape index (κ2) is 8.29. The average Bonchev–Trinajstić information content (AvgIpc) is 3.02. The molecule has 1 heterocycles. The summed E-state index contributed by atoms with van der Waals surface area (Å²) in [7, 11) is 0. The Morgan fingerprint density at radius 2 is 1.43 bits per heavy atom. The van der Waals surface area contributed by atoms with E-state index in [-0.39, 0.29) is 24.9 Å². The molecule has 2 nitrogen and oxygen atoms in total. The van der Waals surface area contributed by atoms with E-state index in [0.29, 0.717) is 0 Å².